The van der Waals surface area contributed by atoms with Crippen molar-refractivity contribution in [2.75, 3.05) is 6.54 Å². The standard InChI is InChI=1S/C11H20N4O/c1-3-5-14-11(16)4-6-15-8-13-7-10(15)9(2)12/h7-9H,3-6,12H2,1-2H3,(H,14,16)/t9-/m0/s1. The molecular formula is C11H20N4O. The third-order valence-corrected chi connectivity index (χ3v) is 2.36. The van der Waals surface area contributed by atoms with Gasteiger partial charge in [0.05, 0.1) is 12.0 Å². The minimum Gasteiger partial charge on any atom is -0.356 e. The molecule has 1 aromatic heterocycles. The molecule has 0 aliphatic carbocycles. The molecule has 0 aliphatic heterocycles. The third-order valence-electron chi connectivity index (χ3n) is 2.36. The van der Waals surface area contributed by atoms with Gasteiger partial charge in [-0.1, -0.05) is 6.92 Å². The SMILES string of the molecule is CCCNC(=O)CCn1cncc1[C@H](C)N. The van der Waals surface area contributed by atoms with Crippen molar-refractivity contribution in [1.82, 2.24) is 14.9 Å². The number of aryl methyl sites for hydroxylation is 1. The molecule has 1 rings (SSSR count). The molecule has 3 N–H and O–H groups in total. The zero-order valence-electron chi connectivity index (χ0n) is 9.94. The van der Waals surface area contributed by atoms with Gasteiger partial charge in [-0.3, -0.25) is 4.79 Å². The van der Waals surface area contributed by atoms with Gasteiger partial charge in [-0.25, -0.2) is 4.98 Å². The van der Waals surface area contributed by atoms with E-state index in [-0.39, 0.29) is 11.9 Å². The zero-order valence-corrected chi connectivity index (χ0v) is 9.94. The Morgan fingerprint density at radius 2 is 2.44 bits per heavy atom. The molecule has 0 fully saturated rings. The number of carbonyl (C=O) groups excluding carboxylic acids is 1. The average molecular weight is 224 g/mol. The van der Waals surface area contributed by atoms with Crippen molar-refractivity contribution in [2.45, 2.75) is 39.3 Å². The summed E-state index contributed by atoms with van der Waals surface area (Å²) in [6.45, 7) is 5.31. The lowest BCUT2D eigenvalue weighted by molar-refractivity contribution is -0.121. The first kappa shape index (κ1) is 12.7. The van der Waals surface area contributed by atoms with Gasteiger partial charge in [-0.2, -0.15) is 0 Å². The van der Waals surface area contributed by atoms with E-state index >= 15 is 0 Å². The molecule has 1 heterocycles. The van der Waals surface area contributed by atoms with Crippen molar-refractivity contribution in [2.24, 2.45) is 5.73 Å². The van der Waals surface area contributed by atoms with Gasteiger partial charge in [-0.05, 0) is 13.3 Å². The number of hydrogen-bond acceptors (Lipinski definition) is 3. The molecule has 5 heteroatoms. The molecular weight excluding hydrogens is 204 g/mol. The molecule has 0 saturated heterocycles. The number of nitrogens with one attached hydrogen (secondary N) is 1. The van der Waals surface area contributed by atoms with Crippen LogP contribution in [0.4, 0.5) is 0 Å². The predicted molar refractivity (Wildman–Crippen MR) is 62.7 cm³/mol. The molecule has 1 amide bonds. The van der Waals surface area contributed by atoms with Crippen LogP contribution in [0.5, 0.6) is 0 Å². The van der Waals surface area contributed by atoms with E-state index in [1.54, 1.807) is 12.5 Å². The van der Waals surface area contributed by atoms with Gasteiger partial charge in [0.25, 0.3) is 0 Å². The monoisotopic (exact) mass is 224 g/mol. The maximum atomic E-state index is 11.4. The van der Waals surface area contributed by atoms with Crippen LogP contribution in [0.15, 0.2) is 12.5 Å². The van der Waals surface area contributed by atoms with Crippen LogP contribution < -0.4 is 11.1 Å². The lowest BCUT2D eigenvalue weighted by Crippen LogP contribution is -2.25. The minimum absolute atomic E-state index is 0.0544. The summed E-state index contributed by atoms with van der Waals surface area (Å²) >= 11 is 0. The second kappa shape index (κ2) is 6.27. The van der Waals surface area contributed by atoms with Crippen molar-refractivity contribution in [3.63, 3.8) is 0 Å². The average Bonchev–Trinajstić information content (AvgIpc) is 2.71. The van der Waals surface area contributed by atoms with Crippen molar-refractivity contribution in [1.29, 1.82) is 0 Å². The van der Waals surface area contributed by atoms with E-state index in [1.165, 1.54) is 0 Å². The molecule has 0 saturated carbocycles. The van der Waals surface area contributed by atoms with Crippen molar-refractivity contribution in [3.05, 3.63) is 18.2 Å². The number of rotatable bonds is 6. The second-order valence-corrected chi connectivity index (χ2v) is 3.90. The number of nitrogens with two attached hydrogens (primary N) is 1. The van der Waals surface area contributed by atoms with Crippen molar-refractivity contribution in [3.8, 4) is 0 Å². The quantitative estimate of drug-likeness (QED) is 0.751. The molecule has 0 radical (unpaired) electrons. The molecule has 0 aliphatic rings. The first-order valence-electron chi connectivity index (χ1n) is 5.67. The molecule has 5 nitrogen and oxygen atoms in total. The summed E-state index contributed by atoms with van der Waals surface area (Å²) in [6, 6.07) is -0.0544. The Balaban J connectivity index is 2.42. The van der Waals surface area contributed by atoms with Gasteiger partial charge in [0.1, 0.15) is 0 Å². The fraction of sp³-hybridized carbons (Fsp3) is 0.636. The highest BCUT2D eigenvalue weighted by molar-refractivity contribution is 5.75. The minimum atomic E-state index is -0.0544. The van der Waals surface area contributed by atoms with Gasteiger partial charge in [0, 0.05) is 31.7 Å². The largest absolute Gasteiger partial charge is 0.356 e. The van der Waals surface area contributed by atoms with Crippen LogP contribution in [-0.2, 0) is 11.3 Å². The fourth-order valence-electron chi connectivity index (χ4n) is 1.47. The number of amides is 1. The van der Waals surface area contributed by atoms with E-state index in [0.717, 1.165) is 18.7 Å². The number of hydrogen-bond donors (Lipinski definition) is 2. The Hall–Kier alpha value is -1.36. The molecule has 0 bridgehead atoms. The molecule has 16 heavy (non-hydrogen) atoms. The van der Waals surface area contributed by atoms with Crippen molar-refractivity contribution < 1.29 is 4.79 Å². The normalized spacial score (nSPS) is 12.4. The Labute approximate surface area is 96.0 Å². The topological polar surface area (TPSA) is 72.9 Å². The molecule has 1 atom stereocenters. The third kappa shape index (κ3) is 3.66. The van der Waals surface area contributed by atoms with Crippen LogP contribution in [-0.4, -0.2) is 22.0 Å². The van der Waals surface area contributed by atoms with Crippen LogP contribution in [0.1, 0.15) is 38.4 Å². The Kier molecular flexibility index (Phi) is 4.98. The van der Waals surface area contributed by atoms with Gasteiger partial charge in [-0.15, -0.1) is 0 Å². The predicted octanol–water partition coefficient (Wildman–Crippen LogP) is 0.819. The van der Waals surface area contributed by atoms with Crippen LogP contribution in [0, 0.1) is 0 Å². The number of carbonyl (C=O) groups is 1. The molecule has 0 aromatic carbocycles. The molecule has 0 unspecified atom stereocenters. The summed E-state index contributed by atoms with van der Waals surface area (Å²) in [7, 11) is 0. The van der Waals surface area contributed by atoms with E-state index in [0.29, 0.717) is 13.0 Å². The van der Waals surface area contributed by atoms with Gasteiger partial charge < -0.3 is 15.6 Å². The summed E-state index contributed by atoms with van der Waals surface area (Å²) in [5.41, 5.74) is 6.75. The summed E-state index contributed by atoms with van der Waals surface area (Å²) in [4.78, 5) is 15.4. The van der Waals surface area contributed by atoms with E-state index in [2.05, 4.69) is 10.3 Å². The second-order valence-electron chi connectivity index (χ2n) is 3.90. The Morgan fingerprint density at radius 3 is 3.06 bits per heavy atom. The van der Waals surface area contributed by atoms with Crippen LogP contribution in [0.25, 0.3) is 0 Å². The summed E-state index contributed by atoms with van der Waals surface area (Å²) in [5, 5.41) is 2.84. The highest BCUT2D eigenvalue weighted by Gasteiger charge is 2.07. The van der Waals surface area contributed by atoms with Crippen molar-refractivity contribution >= 4 is 5.91 Å². The lowest BCUT2D eigenvalue weighted by Gasteiger charge is -2.10. The van der Waals surface area contributed by atoms with Gasteiger partial charge >= 0.3 is 0 Å². The highest BCUT2D eigenvalue weighted by Crippen LogP contribution is 2.08. The van der Waals surface area contributed by atoms with Gasteiger partial charge in [0.2, 0.25) is 5.91 Å². The molecule has 90 valence electrons. The van der Waals surface area contributed by atoms with E-state index in [1.807, 2.05) is 18.4 Å². The maximum Gasteiger partial charge on any atom is 0.221 e. The Bertz CT molecular complexity index is 332. The first-order chi connectivity index (χ1) is 7.65. The summed E-state index contributed by atoms with van der Waals surface area (Å²) in [6.07, 6.45) is 4.89. The smallest absolute Gasteiger partial charge is 0.221 e. The maximum absolute atomic E-state index is 11.4. The van der Waals surface area contributed by atoms with Crippen LogP contribution in [0.3, 0.4) is 0 Å². The number of nitrogens with zero attached hydrogens (tertiary/aromatic N) is 2. The van der Waals surface area contributed by atoms with E-state index in [4.69, 9.17) is 5.73 Å². The number of aromatic nitrogens is 2. The number of imidazole rings is 1. The van der Waals surface area contributed by atoms with Crippen LogP contribution >= 0.6 is 0 Å². The molecule has 0 spiro atoms. The lowest BCUT2D eigenvalue weighted by atomic mass is 10.2. The zero-order chi connectivity index (χ0) is 12.0. The first-order valence-corrected chi connectivity index (χ1v) is 5.67. The molecule has 1 aromatic rings. The fourth-order valence-corrected chi connectivity index (χ4v) is 1.47. The van der Waals surface area contributed by atoms with E-state index < -0.39 is 0 Å². The van der Waals surface area contributed by atoms with Crippen LogP contribution in [0.2, 0.25) is 0 Å². The van der Waals surface area contributed by atoms with E-state index in [9.17, 15) is 4.79 Å². The summed E-state index contributed by atoms with van der Waals surface area (Å²) in [5.74, 6) is 0.0752. The highest BCUT2D eigenvalue weighted by atomic mass is 16.1. The van der Waals surface area contributed by atoms with Gasteiger partial charge in [0.15, 0.2) is 0 Å². The summed E-state index contributed by atoms with van der Waals surface area (Å²) < 4.78 is 1.93. The Morgan fingerprint density at radius 1 is 1.69 bits per heavy atom.